The van der Waals surface area contributed by atoms with Gasteiger partial charge in [-0.25, -0.2) is 4.39 Å². The van der Waals surface area contributed by atoms with Crippen LogP contribution in [0.15, 0.2) is 24.3 Å². The number of hydrogen-bond donors (Lipinski definition) is 0. The normalized spacial score (nSPS) is 20.2. The van der Waals surface area contributed by atoms with Crippen LogP contribution in [0.2, 0.25) is 0 Å². The highest BCUT2D eigenvalue weighted by atomic mass is 35.5. The Morgan fingerprint density at radius 3 is 2.69 bits per heavy atom. The number of carbonyl (C=O) groups is 2. The SMILES string of the molecule is O=C(Cl)C1CC(=O)N(c2ccccc2F)C1. The number of halogens is 2. The monoisotopic (exact) mass is 241 g/mol. The maximum absolute atomic E-state index is 13.4. The standard InChI is InChI=1S/C11H9ClFNO2/c12-11(16)7-5-10(15)14(6-7)9-4-2-1-3-8(9)13/h1-4,7H,5-6H2. The first-order chi connectivity index (χ1) is 7.59. The lowest BCUT2D eigenvalue weighted by Crippen LogP contribution is -2.26. The van der Waals surface area contributed by atoms with E-state index in [9.17, 15) is 14.0 Å². The van der Waals surface area contributed by atoms with Crippen LogP contribution in [0.5, 0.6) is 0 Å². The van der Waals surface area contributed by atoms with Gasteiger partial charge in [-0.05, 0) is 23.7 Å². The van der Waals surface area contributed by atoms with Gasteiger partial charge < -0.3 is 4.90 Å². The number of rotatable bonds is 2. The summed E-state index contributed by atoms with van der Waals surface area (Å²) < 4.78 is 13.4. The van der Waals surface area contributed by atoms with Gasteiger partial charge in [-0.15, -0.1) is 0 Å². The number of amides is 1. The lowest BCUT2D eigenvalue weighted by Gasteiger charge is -2.16. The van der Waals surface area contributed by atoms with Crippen molar-refractivity contribution in [3.05, 3.63) is 30.1 Å². The van der Waals surface area contributed by atoms with Gasteiger partial charge >= 0.3 is 0 Å². The lowest BCUT2D eigenvalue weighted by molar-refractivity contribution is -0.120. The fourth-order valence-electron chi connectivity index (χ4n) is 1.76. The van der Waals surface area contributed by atoms with E-state index in [0.717, 1.165) is 0 Å². The zero-order valence-corrected chi connectivity index (χ0v) is 9.08. The molecule has 84 valence electrons. The highest BCUT2D eigenvalue weighted by molar-refractivity contribution is 6.64. The fourth-order valence-corrected chi connectivity index (χ4v) is 1.91. The predicted molar refractivity (Wildman–Crippen MR) is 57.7 cm³/mol. The Morgan fingerprint density at radius 2 is 2.12 bits per heavy atom. The van der Waals surface area contributed by atoms with Crippen molar-refractivity contribution < 1.29 is 14.0 Å². The third-order valence-electron chi connectivity index (χ3n) is 2.59. The van der Waals surface area contributed by atoms with E-state index in [1.54, 1.807) is 12.1 Å². The summed E-state index contributed by atoms with van der Waals surface area (Å²) in [7, 11) is 0. The van der Waals surface area contributed by atoms with Gasteiger partial charge in [0.15, 0.2) is 0 Å². The highest BCUT2D eigenvalue weighted by Gasteiger charge is 2.35. The van der Waals surface area contributed by atoms with Crippen LogP contribution in [0.3, 0.4) is 0 Å². The second-order valence-corrected chi connectivity index (χ2v) is 4.03. The number of anilines is 1. The quantitative estimate of drug-likeness (QED) is 0.742. The number of benzene rings is 1. The third-order valence-corrected chi connectivity index (χ3v) is 2.90. The van der Waals surface area contributed by atoms with Crippen LogP contribution in [0, 0.1) is 11.7 Å². The van der Waals surface area contributed by atoms with E-state index >= 15 is 0 Å². The summed E-state index contributed by atoms with van der Waals surface area (Å²) in [6.07, 6.45) is 0.0522. The van der Waals surface area contributed by atoms with Crippen LogP contribution in [0.4, 0.5) is 10.1 Å². The molecule has 1 unspecified atom stereocenters. The molecule has 1 atom stereocenters. The van der Waals surface area contributed by atoms with Crippen molar-refractivity contribution in [2.24, 2.45) is 5.92 Å². The summed E-state index contributed by atoms with van der Waals surface area (Å²) in [6, 6.07) is 5.97. The Kier molecular flexibility index (Phi) is 2.92. The first-order valence-electron chi connectivity index (χ1n) is 4.84. The summed E-state index contributed by atoms with van der Waals surface area (Å²) in [5.74, 6) is -1.28. The average Bonchev–Trinajstić information content (AvgIpc) is 2.61. The molecule has 3 nitrogen and oxygen atoms in total. The minimum Gasteiger partial charge on any atom is -0.309 e. The molecule has 1 aromatic rings. The van der Waals surface area contributed by atoms with E-state index in [1.807, 2.05) is 0 Å². The molecule has 0 saturated carbocycles. The molecule has 5 heteroatoms. The van der Waals surface area contributed by atoms with Crippen molar-refractivity contribution in [2.45, 2.75) is 6.42 Å². The Bertz CT molecular complexity index is 449. The second-order valence-electron chi connectivity index (χ2n) is 3.66. The Labute approximate surface area is 96.8 Å². The van der Waals surface area contributed by atoms with E-state index in [-0.39, 0.29) is 24.6 Å². The van der Waals surface area contributed by atoms with Crippen molar-refractivity contribution in [1.29, 1.82) is 0 Å². The first kappa shape index (κ1) is 11.1. The molecule has 0 N–H and O–H groups in total. The van der Waals surface area contributed by atoms with Gasteiger partial charge in [0.25, 0.3) is 0 Å². The van der Waals surface area contributed by atoms with Gasteiger partial charge in [-0.3, -0.25) is 9.59 Å². The topological polar surface area (TPSA) is 37.4 Å². The first-order valence-corrected chi connectivity index (χ1v) is 5.21. The Balaban J connectivity index is 2.27. The van der Waals surface area contributed by atoms with Gasteiger partial charge in [0.2, 0.25) is 11.1 Å². The van der Waals surface area contributed by atoms with Crippen LogP contribution in [0.25, 0.3) is 0 Å². The van der Waals surface area contributed by atoms with Crippen LogP contribution >= 0.6 is 11.6 Å². The molecule has 1 aliphatic heterocycles. The molecule has 0 aliphatic carbocycles. The minimum atomic E-state index is -0.549. The van der Waals surface area contributed by atoms with Crippen molar-refractivity contribution >= 4 is 28.4 Å². The smallest absolute Gasteiger partial charge is 0.227 e. The molecule has 1 amide bonds. The molecule has 16 heavy (non-hydrogen) atoms. The second kappa shape index (κ2) is 4.22. The molecule has 0 bridgehead atoms. The van der Waals surface area contributed by atoms with Crippen molar-refractivity contribution in [1.82, 2.24) is 0 Å². The number of para-hydroxylation sites is 1. The maximum atomic E-state index is 13.4. The van der Waals surface area contributed by atoms with Crippen molar-refractivity contribution in [3.63, 3.8) is 0 Å². The maximum Gasteiger partial charge on any atom is 0.227 e. The van der Waals surface area contributed by atoms with Gasteiger partial charge in [0.05, 0.1) is 11.6 Å². The fraction of sp³-hybridized carbons (Fsp3) is 0.273. The minimum absolute atomic E-state index is 0.0522. The van der Waals surface area contributed by atoms with Gasteiger partial charge in [0, 0.05) is 13.0 Å². The predicted octanol–water partition coefficient (Wildman–Crippen LogP) is 1.94. The lowest BCUT2D eigenvalue weighted by atomic mass is 10.1. The number of nitrogens with zero attached hydrogens (tertiary/aromatic N) is 1. The molecule has 1 aliphatic rings. The van der Waals surface area contributed by atoms with E-state index in [1.165, 1.54) is 17.0 Å². The molecule has 1 aromatic carbocycles. The van der Waals surface area contributed by atoms with Crippen molar-refractivity contribution in [3.8, 4) is 0 Å². The number of hydrogen-bond acceptors (Lipinski definition) is 2. The molecule has 2 rings (SSSR count). The zero-order valence-electron chi connectivity index (χ0n) is 8.32. The summed E-state index contributed by atoms with van der Waals surface area (Å²) in [5, 5.41) is -0.549. The Hall–Kier alpha value is -1.42. The largest absolute Gasteiger partial charge is 0.309 e. The average molecular weight is 242 g/mol. The molecule has 1 saturated heterocycles. The molecule has 1 heterocycles. The number of carbonyl (C=O) groups excluding carboxylic acids is 2. The van der Waals surface area contributed by atoms with E-state index in [0.29, 0.717) is 0 Å². The highest BCUT2D eigenvalue weighted by Crippen LogP contribution is 2.28. The molecule has 0 aromatic heterocycles. The van der Waals surface area contributed by atoms with E-state index < -0.39 is 17.0 Å². The summed E-state index contributed by atoms with van der Waals surface area (Å²) in [4.78, 5) is 23.8. The molecular formula is C11H9ClFNO2. The van der Waals surface area contributed by atoms with Gasteiger partial charge in [-0.1, -0.05) is 12.1 Å². The van der Waals surface area contributed by atoms with Crippen LogP contribution in [-0.2, 0) is 9.59 Å². The molecule has 0 spiro atoms. The summed E-state index contributed by atoms with van der Waals surface area (Å²) >= 11 is 5.33. The van der Waals surface area contributed by atoms with E-state index in [4.69, 9.17) is 11.6 Å². The summed E-state index contributed by atoms with van der Waals surface area (Å²) in [6.45, 7) is 0.155. The molecule has 0 radical (unpaired) electrons. The molecular weight excluding hydrogens is 233 g/mol. The third kappa shape index (κ3) is 1.93. The van der Waals surface area contributed by atoms with Gasteiger partial charge in [0.1, 0.15) is 5.82 Å². The zero-order chi connectivity index (χ0) is 11.7. The molecule has 1 fully saturated rings. The van der Waals surface area contributed by atoms with Crippen LogP contribution in [0.1, 0.15) is 6.42 Å². The summed E-state index contributed by atoms with van der Waals surface area (Å²) in [5.41, 5.74) is 0.202. The van der Waals surface area contributed by atoms with Crippen LogP contribution in [-0.4, -0.2) is 17.7 Å². The Morgan fingerprint density at radius 1 is 1.44 bits per heavy atom. The van der Waals surface area contributed by atoms with Gasteiger partial charge in [-0.2, -0.15) is 0 Å². The van der Waals surface area contributed by atoms with Crippen LogP contribution < -0.4 is 4.90 Å². The van der Waals surface area contributed by atoms with E-state index in [2.05, 4.69) is 0 Å². The van der Waals surface area contributed by atoms with Crippen molar-refractivity contribution in [2.75, 3.05) is 11.4 Å².